The van der Waals surface area contributed by atoms with Crippen LogP contribution in [-0.4, -0.2) is 38.5 Å². The molecule has 0 spiro atoms. The maximum absolute atomic E-state index is 12.1. The molecule has 5 nitrogen and oxygen atoms in total. The van der Waals surface area contributed by atoms with E-state index in [1.54, 1.807) is 4.90 Å². The molecule has 0 aliphatic rings. The number of carbonyl (C=O) groups excluding carboxylic acids is 1. The molecule has 1 heterocycles. The summed E-state index contributed by atoms with van der Waals surface area (Å²) in [5.74, 6) is 0.344. The molecule has 0 unspecified atom stereocenters. The van der Waals surface area contributed by atoms with E-state index in [-0.39, 0.29) is 5.91 Å². The second kappa shape index (κ2) is 6.61. The highest BCUT2D eigenvalue weighted by Gasteiger charge is 2.18. The number of rotatable bonds is 6. The summed E-state index contributed by atoms with van der Waals surface area (Å²) in [6, 6.07) is 0. The number of thiocarbonyl (C=S) groups is 1. The topological polar surface area (TPSA) is 72.1 Å². The molecule has 17 heavy (non-hydrogen) atoms. The standard InChI is InChI=1S/C10H16N4OS2/c1-7(2)6-14(4-3-9(11)16)10(15)8-5-12-13-17-8/h5,7H,3-4,6H2,1-2H3,(H2,11,16). The van der Waals surface area contributed by atoms with Gasteiger partial charge in [0.1, 0.15) is 4.88 Å². The third-order valence-corrected chi connectivity index (χ3v) is 2.93. The van der Waals surface area contributed by atoms with Gasteiger partial charge in [-0.25, -0.2) is 0 Å². The summed E-state index contributed by atoms with van der Waals surface area (Å²) in [4.78, 5) is 14.8. The van der Waals surface area contributed by atoms with Crippen molar-refractivity contribution in [3.8, 4) is 0 Å². The van der Waals surface area contributed by atoms with Crippen molar-refractivity contribution in [2.24, 2.45) is 11.7 Å². The first-order valence-corrected chi connectivity index (χ1v) is 6.53. The molecule has 0 aliphatic carbocycles. The van der Waals surface area contributed by atoms with Gasteiger partial charge in [0, 0.05) is 19.5 Å². The molecule has 0 atom stereocenters. The van der Waals surface area contributed by atoms with Gasteiger partial charge in [0.2, 0.25) is 0 Å². The zero-order valence-corrected chi connectivity index (χ0v) is 11.6. The highest BCUT2D eigenvalue weighted by Crippen LogP contribution is 2.10. The van der Waals surface area contributed by atoms with Crippen LogP contribution in [0.1, 0.15) is 29.9 Å². The summed E-state index contributed by atoms with van der Waals surface area (Å²) in [6.07, 6.45) is 2.03. The number of amides is 1. The summed E-state index contributed by atoms with van der Waals surface area (Å²) >= 11 is 5.94. The molecule has 0 radical (unpaired) electrons. The minimum absolute atomic E-state index is 0.0510. The van der Waals surface area contributed by atoms with E-state index >= 15 is 0 Å². The number of nitrogens with two attached hydrogens (primary N) is 1. The summed E-state index contributed by atoms with van der Waals surface area (Å²) < 4.78 is 3.69. The predicted octanol–water partition coefficient (Wildman–Crippen LogP) is 1.31. The first-order chi connectivity index (χ1) is 8.00. The van der Waals surface area contributed by atoms with Crippen LogP contribution in [0.2, 0.25) is 0 Å². The Bertz CT molecular complexity index is 378. The van der Waals surface area contributed by atoms with Crippen molar-refractivity contribution in [3.63, 3.8) is 0 Å². The predicted molar refractivity (Wildman–Crippen MR) is 72.1 cm³/mol. The van der Waals surface area contributed by atoms with Crippen molar-refractivity contribution in [3.05, 3.63) is 11.1 Å². The maximum Gasteiger partial charge on any atom is 0.267 e. The zero-order valence-electron chi connectivity index (χ0n) is 9.92. The SMILES string of the molecule is CC(C)CN(CCC(N)=S)C(=O)c1cnns1. The lowest BCUT2D eigenvalue weighted by atomic mass is 10.2. The number of hydrogen-bond acceptors (Lipinski definition) is 5. The van der Waals surface area contributed by atoms with Crippen LogP contribution in [0.3, 0.4) is 0 Å². The average Bonchev–Trinajstić information content (AvgIpc) is 2.75. The molecule has 1 aromatic rings. The Morgan fingerprint density at radius 3 is 2.82 bits per heavy atom. The molecule has 2 N–H and O–H groups in total. The molecule has 0 aliphatic heterocycles. The largest absolute Gasteiger partial charge is 0.393 e. The van der Waals surface area contributed by atoms with Gasteiger partial charge < -0.3 is 10.6 Å². The van der Waals surface area contributed by atoms with Gasteiger partial charge in [-0.1, -0.05) is 30.6 Å². The molecule has 1 amide bonds. The van der Waals surface area contributed by atoms with E-state index in [2.05, 4.69) is 23.4 Å². The number of carbonyl (C=O) groups is 1. The molecule has 1 rings (SSSR count). The van der Waals surface area contributed by atoms with Crippen LogP contribution in [0.5, 0.6) is 0 Å². The second-order valence-corrected chi connectivity index (χ2v) is 5.45. The van der Waals surface area contributed by atoms with E-state index in [0.717, 1.165) is 11.5 Å². The summed E-state index contributed by atoms with van der Waals surface area (Å²) in [7, 11) is 0. The van der Waals surface area contributed by atoms with E-state index in [1.807, 2.05) is 0 Å². The van der Waals surface area contributed by atoms with Crippen molar-refractivity contribution in [1.82, 2.24) is 14.5 Å². The Kier molecular flexibility index (Phi) is 5.43. The number of hydrogen-bond donors (Lipinski definition) is 1. The van der Waals surface area contributed by atoms with Crippen molar-refractivity contribution in [2.45, 2.75) is 20.3 Å². The van der Waals surface area contributed by atoms with Gasteiger partial charge in [-0.05, 0) is 17.5 Å². The van der Waals surface area contributed by atoms with Crippen LogP contribution >= 0.6 is 23.8 Å². The normalized spacial score (nSPS) is 10.5. The van der Waals surface area contributed by atoms with E-state index in [4.69, 9.17) is 18.0 Å². The minimum atomic E-state index is -0.0510. The van der Waals surface area contributed by atoms with Crippen LogP contribution in [0.15, 0.2) is 6.20 Å². The molecule has 0 fully saturated rings. The van der Waals surface area contributed by atoms with E-state index in [0.29, 0.717) is 35.3 Å². The van der Waals surface area contributed by atoms with Crippen LogP contribution in [-0.2, 0) is 0 Å². The molecule has 0 bridgehead atoms. The van der Waals surface area contributed by atoms with Gasteiger partial charge in [0.15, 0.2) is 0 Å². The Labute approximate surface area is 110 Å². The van der Waals surface area contributed by atoms with Gasteiger partial charge in [0.05, 0.1) is 11.2 Å². The van der Waals surface area contributed by atoms with Crippen molar-refractivity contribution >= 4 is 34.6 Å². The first kappa shape index (κ1) is 14.0. The molecule has 0 saturated carbocycles. The fourth-order valence-corrected chi connectivity index (χ4v) is 1.95. The van der Waals surface area contributed by atoms with Crippen LogP contribution in [0.25, 0.3) is 0 Å². The molecule has 1 aromatic heterocycles. The van der Waals surface area contributed by atoms with Crippen molar-refractivity contribution in [2.75, 3.05) is 13.1 Å². The summed E-state index contributed by atoms with van der Waals surface area (Å²) in [6.45, 7) is 5.35. The lowest BCUT2D eigenvalue weighted by Crippen LogP contribution is -2.36. The quantitative estimate of drug-likeness (QED) is 0.791. The minimum Gasteiger partial charge on any atom is -0.393 e. The summed E-state index contributed by atoms with van der Waals surface area (Å²) in [5, 5.41) is 3.67. The molecular weight excluding hydrogens is 256 g/mol. The monoisotopic (exact) mass is 272 g/mol. The molecule has 0 saturated heterocycles. The van der Waals surface area contributed by atoms with Crippen LogP contribution < -0.4 is 5.73 Å². The molecule has 7 heteroatoms. The number of aromatic nitrogens is 2. The lowest BCUT2D eigenvalue weighted by molar-refractivity contribution is 0.0746. The highest BCUT2D eigenvalue weighted by molar-refractivity contribution is 7.80. The van der Waals surface area contributed by atoms with E-state index < -0.39 is 0 Å². The first-order valence-electron chi connectivity index (χ1n) is 5.35. The Balaban J connectivity index is 2.68. The Morgan fingerprint density at radius 1 is 1.65 bits per heavy atom. The van der Waals surface area contributed by atoms with E-state index in [1.165, 1.54) is 6.20 Å². The van der Waals surface area contributed by atoms with Gasteiger partial charge in [-0.3, -0.25) is 4.79 Å². The second-order valence-electron chi connectivity index (χ2n) is 4.14. The zero-order chi connectivity index (χ0) is 12.8. The van der Waals surface area contributed by atoms with Gasteiger partial charge in [-0.2, -0.15) is 0 Å². The number of nitrogens with zero attached hydrogens (tertiary/aromatic N) is 3. The van der Waals surface area contributed by atoms with Crippen molar-refractivity contribution in [1.29, 1.82) is 0 Å². The van der Waals surface area contributed by atoms with Gasteiger partial charge in [-0.15, -0.1) is 5.10 Å². The van der Waals surface area contributed by atoms with Crippen LogP contribution in [0.4, 0.5) is 0 Å². The lowest BCUT2D eigenvalue weighted by Gasteiger charge is -2.23. The third-order valence-electron chi connectivity index (χ3n) is 2.07. The van der Waals surface area contributed by atoms with E-state index in [9.17, 15) is 4.79 Å². The maximum atomic E-state index is 12.1. The highest BCUT2D eigenvalue weighted by atomic mass is 32.1. The average molecular weight is 272 g/mol. The molecule has 0 aromatic carbocycles. The van der Waals surface area contributed by atoms with Gasteiger partial charge in [0.25, 0.3) is 5.91 Å². The van der Waals surface area contributed by atoms with Crippen LogP contribution in [0, 0.1) is 5.92 Å². The van der Waals surface area contributed by atoms with Crippen molar-refractivity contribution < 1.29 is 4.79 Å². The molecule has 94 valence electrons. The smallest absolute Gasteiger partial charge is 0.267 e. The fraction of sp³-hybridized carbons (Fsp3) is 0.600. The fourth-order valence-electron chi connectivity index (χ4n) is 1.38. The van der Waals surface area contributed by atoms with Gasteiger partial charge >= 0.3 is 0 Å². The molecular formula is C10H16N4OS2. The Hall–Kier alpha value is -1.08. The Morgan fingerprint density at radius 2 is 2.35 bits per heavy atom. The third kappa shape index (κ3) is 4.74. The summed E-state index contributed by atoms with van der Waals surface area (Å²) in [5.41, 5.74) is 5.46.